The maximum atomic E-state index is 13.8. The third kappa shape index (κ3) is 7.88. The summed E-state index contributed by atoms with van der Waals surface area (Å²) in [6, 6.07) is 5.68. The first-order chi connectivity index (χ1) is 19.0. The standard InChI is InChI=1S/C34H53N3O3/c1-23(2)37(33(40)26-14-10-7-11-15-26)30-21-28(35-31(38)24-12-8-6-9-13-24)20-29(22-30)36-32(39)25-16-18-27(19-17-25)34(3,4)5/h20-27H,6-19H2,1-5H3,(H,35,38)(H,36,39). The molecular weight excluding hydrogens is 498 g/mol. The number of rotatable bonds is 7. The van der Waals surface area contributed by atoms with E-state index in [1.165, 1.54) is 12.8 Å². The third-order valence-corrected chi connectivity index (χ3v) is 9.74. The molecule has 3 aliphatic rings. The Balaban J connectivity index is 1.56. The summed E-state index contributed by atoms with van der Waals surface area (Å²) in [5, 5.41) is 6.33. The van der Waals surface area contributed by atoms with Gasteiger partial charge in [-0.05, 0) is 94.7 Å². The molecule has 6 heteroatoms. The van der Waals surface area contributed by atoms with Crippen LogP contribution in [0.25, 0.3) is 0 Å². The van der Waals surface area contributed by atoms with E-state index in [0.29, 0.717) is 17.3 Å². The van der Waals surface area contributed by atoms with Crippen molar-refractivity contribution in [2.75, 3.05) is 15.5 Å². The molecule has 2 N–H and O–H groups in total. The van der Waals surface area contributed by atoms with E-state index < -0.39 is 0 Å². The van der Waals surface area contributed by atoms with Crippen molar-refractivity contribution < 1.29 is 14.4 Å². The van der Waals surface area contributed by atoms with Gasteiger partial charge in [-0.15, -0.1) is 0 Å². The highest BCUT2D eigenvalue weighted by Gasteiger charge is 2.33. The van der Waals surface area contributed by atoms with Crippen LogP contribution in [0.2, 0.25) is 0 Å². The van der Waals surface area contributed by atoms with Gasteiger partial charge in [0.25, 0.3) is 0 Å². The van der Waals surface area contributed by atoms with E-state index in [9.17, 15) is 14.4 Å². The van der Waals surface area contributed by atoms with Gasteiger partial charge in [-0.3, -0.25) is 14.4 Å². The topological polar surface area (TPSA) is 78.5 Å². The van der Waals surface area contributed by atoms with E-state index >= 15 is 0 Å². The molecule has 0 atom stereocenters. The highest BCUT2D eigenvalue weighted by atomic mass is 16.2. The number of amides is 3. The first kappa shape index (κ1) is 30.6. The first-order valence-corrected chi connectivity index (χ1v) is 16.1. The normalized spacial score (nSPS) is 23.1. The zero-order valence-corrected chi connectivity index (χ0v) is 25.7. The summed E-state index contributed by atoms with van der Waals surface area (Å²) in [5.74, 6) is 0.946. The molecule has 0 bridgehead atoms. The summed E-state index contributed by atoms with van der Waals surface area (Å²) < 4.78 is 0. The maximum absolute atomic E-state index is 13.8. The lowest BCUT2D eigenvalue weighted by atomic mass is 9.69. The Morgan fingerprint density at radius 1 is 0.675 bits per heavy atom. The van der Waals surface area contributed by atoms with Gasteiger partial charge in [0.15, 0.2) is 0 Å². The monoisotopic (exact) mass is 551 g/mol. The predicted molar refractivity (Wildman–Crippen MR) is 164 cm³/mol. The number of carbonyl (C=O) groups is 3. The minimum Gasteiger partial charge on any atom is -0.326 e. The van der Waals surface area contributed by atoms with Gasteiger partial charge >= 0.3 is 0 Å². The zero-order valence-electron chi connectivity index (χ0n) is 25.7. The molecule has 3 amide bonds. The molecule has 3 aliphatic carbocycles. The molecule has 1 aromatic carbocycles. The first-order valence-electron chi connectivity index (χ1n) is 16.1. The molecule has 40 heavy (non-hydrogen) atoms. The highest BCUT2D eigenvalue weighted by Crippen LogP contribution is 2.40. The number of carbonyl (C=O) groups excluding carboxylic acids is 3. The summed E-state index contributed by atoms with van der Waals surface area (Å²) >= 11 is 0. The molecule has 6 nitrogen and oxygen atoms in total. The number of hydrogen-bond donors (Lipinski definition) is 2. The van der Waals surface area contributed by atoms with Gasteiger partial charge in [0.2, 0.25) is 17.7 Å². The van der Waals surface area contributed by atoms with Crippen molar-refractivity contribution >= 4 is 34.8 Å². The molecule has 3 saturated carbocycles. The van der Waals surface area contributed by atoms with Crippen molar-refractivity contribution in [1.82, 2.24) is 0 Å². The highest BCUT2D eigenvalue weighted by molar-refractivity contribution is 6.00. The fraction of sp³-hybridized carbons (Fsp3) is 0.735. The Morgan fingerprint density at radius 3 is 1.57 bits per heavy atom. The molecule has 1 aromatic rings. The number of nitrogens with one attached hydrogen (secondary N) is 2. The molecule has 0 aliphatic heterocycles. The van der Waals surface area contributed by atoms with E-state index in [1.54, 1.807) is 0 Å². The van der Waals surface area contributed by atoms with Crippen LogP contribution in [-0.4, -0.2) is 23.8 Å². The Morgan fingerprint density at radius 2 is 1.12 bits per heavy atom. The minimum absolute atomic E-state index is 0.00684. The summed E-state index contributed by atoms with van der Waals surface area (Å²) in [6.07, 6.45) is 14.4. The van der Waals surface area contributed by atoms with Crippen molar-refractivity contribution in [3.8, 4) is 0 Å². The minimum atomic E-state index is -0.0325. The average Bonchev–Trinajstić information content (AvgIpc) is 2.93. The molecular formula is C34H53N3O3. The summed E-state index contributed by atoms with van der Waals surface area (Å²) in [5.41, 5.74) is 2.33. The van der Waals surface area contributed by atoms with E-state index in [0.717, 1.165) is 82.7 Å². The van der Waals surface area contributed by atoms with Crippen LogP contribution in [0.1, 0.15) is 125 Å². The average molecular weight is 552 g/mol. The maximum Gasteiger partial charge on any atom is 0.230 e. The molecule has 222 valence electrons. The van der Waals surface area contributed by atoms with E-state index in [1.807, 2.05) is 36.9 Å². The van der Waals surface area contributed by atoms with Crippen LogP contribution in [0, 0.1) is 29.1 Å². The van der Waals surface area contributed by atoms with Crippen molar-refractivity contribution in [2.24, 2.45) is 29.1 Å². The molecule has 0 aromatic heterocycles. The fourth-order valence-corrected chi connectivity index (χ4v) is 7.20. The van der Waals surface area contributed by atoms with Gasteiger partial charge in [0.05, 0.1) is 0 Å². The molecule has 0 saturated heterocycles. The molecule has 3 fully saturated rings. The second-order valence-electron chi connectivity index (χ2n) is 14.1. The molecule has 0 radical (unpaired) electrons. The van der Waals surface area contributed by atoms with Crippen molar-refractivity contribution in [3.05, 3.63) is 18.2 Å². The van der Waals surface area contributed by atoms with Gasteiger partial charge < -0.3 is 15.5 Å². The Kier molecular flexibility index (Phi) is 10.3. The quantitative estimate of drug-likeness (QED) is 0.358. The number of hydrogen-bond acceptors (Lipinski definition) is 3. The largest absolute Gasteiger partial charge is 0.326 e. The van der Waals surface area contributed by atoms with Crippen LogP contribution in [-0.2, 0) is 14.4 Å². The fourth-order valence-electron chi connectivity index (χ4n) is 7.20. The molecule has 4 rings (SSSR count). The lowest BCUT2D eigenvalue weighted by Crippen LogP contribution is -2.42. The number of nitrogens with zero attached hydrogens (tertiary/aromatic N) is 1. The summed E-state index contributed by atoms with van der Waals surface area (Å²) in [4.78, 5) is 42.2. The van der Waals surface area contributed by atoms with Crippen LogP contribution in [0.15, 0.2) is 18.2 Å². The number of benzene rings is 1. The van der Waals surface area contributed by atoms with Gasteiger partial charge in [-0.1, -0.05) is 59.3 Å². The lowest BCUT2D eigenvalue weighted by Gasteiger charge is -2.36. The lowest BCUT2D eigenvalue weighted by molar-refractivity contribution is -0.123. The summed E-state index contributed by atoms with van der Waals surface area (Å²) in [6.45, 7) is 11.0. The van der Waals surface area contributed by atoms with Crippen LogP contribution < -0.4 is 15.5 Å². The van der Waals surface area contributed by atoms with E-state index in [4.69, 9.17) is 0 Å². The van der Waals surface area contributed by atoms with Crippen molar-refractivity contribution in [3.63, 3.8) is 0 Å². The smallest absolute Gasteiger partial charge is 0.230 e. The van der Waals surface area contributed by atoms with Crippen LogP contribution >= 0.6 is 0 Å². The summed E-state index contributed by atoms with van der Waals surface area (Å²) in [7, 11) is 0. The zero-order chi connectivity index (χ0) is 28.9. The van der Waals surface area contributed by atoms with Crippen molar-refractivity contribution in [2.45, 2.75) is 131 Å². The predicted octanol–water partition coefficient (Wildman–Crippen LogP) is 8.32. The molecule has 0 unspecified atom stereocenters. The SMILES string of the molecule is CC(C)N(C(=O)C1CCCCC1)c1cc(NC(=O)C2CCCCC2)cc(NC(=O)C2CCC(C(C)(C)C)CC2)c1. The van der Waals surface area contributed by atoms with E-state index in [2.05, 4.69) is 31.4 Å². The van der Waals surface area contributed by atoms with Crippen LogP contribution in [0.3, 0.4) is 0 Å². The van der Waals surface area contributed by atoms with Gasteiger partial charge in [0, 0.05) is 40.9 Å². The second-order valence-corrected chi connectivity index (χ2v) is 14.1. The Bertz CT molecular complexity index is 1020. The third-order valence-electron chi connectivity index (χ3n) is 9.74. The van der Waals surface area contributed by atoms with E-state index in [-0.39, 0.29) is 46.9 Å². The Hall–Kier alpha value is -2.37. The van der Waals surface area contributed by atoms with Gasteiger partial charge in [-0.25, -0.2) is 0 Å². The molecule has 0 spiro atoms. The number of anilines is 3. The second kappa shape index (κ2) is 13.5. The van der Waals surface area contributed by atoms with Crippen molar-refractivity contribution in [1.29, 1.82) is 0 Å². The van der Waals surface area contributed by atoms with Gasteiger partial charge in [0.1, 0.15) is 0 Å². The van der Waals surface area contributed by atoms with Gasteiger partial charge in [-0.2, -0.15) is 0 Å². The Labute approximate surface area is 242 Å². The van der Waals surface area contributed by atoms with Crippen LogP contribution in [0.5, 0.6) is 0 Å². The van der Waals surface area contributed by atoms with Crippen LogP contribution in [0.4, 0.5) is 17.1 Å². The molecule has 0 heterocycles.